The van der Waals surface area contributed by atoms with Gasteiger partial charge < -0.3 is 14.6 Å². The molecule has 2 aromatic carbocycles. The Morgan fingerprint density at radius 2 is 1.33 bits per heavy atom. The molecule has 0 aliphatic carbocycles. The van der Waals surface area contributed by atoms with Gasteiger partial charge in [0.25, 0.3) is 5.56 Å². The van der Waals surface area contributed by atoms with Crippen LogP contribution in [0.25, 0.3) is 11.4 Å². The Bertz CT molecular complexity index is 1100. The first-order valence-electron chi connectivity index (χ1n) is 7.75. The molecule has 3 aromatic rings. The van der Waals surface area contributed by atoms with Crippen LogP contribution in [0.3, 0.4) is 0 Å². The van der Waals surface area contributed by atoms with Gasteiger partial charge in [0.15, 0.2) is 4.77 Å². The van der Waals surface area contributed by atoms with Gasteiger partial charge in [-0.15, -0.1) is 4.91 Å². The maximum Gasteiger partial charge on any atom is 0.292 e. The number of ether oxygens (including phenoxy) is 2. The molecule has 8 nitrogen and oxygen atoms in total. The molecule has 9 heteroatoms. The Morgan fingerprint density at radius 3 is 1.74 bits per heavy atom. The first-order valence-corrected chi connectivity index (χ1v) is 8.16. The molecule has 0 saturated heterocycles. The molecule has 0 atom stereocenters. The quantitative estimate of drug-likeness (QED) is 0.534. The van der Waals surface area contributed by atoms with Gasteiger partial charge in [0.2, 0.25) is 11.6 Å². The average Bonchev–Trinajstić information content (AvgIpc) is 2.69. The summed E-state index contributed by atoms with van der Waals surface area (Å²) in [6, 6.07) is 13.1. The van der Waals surface area contributed by atoms with Gasteiger partial charge >= 0.3 is 0 Å². The van der Waals surface area contributed by atoms with Crippen LogP contribution in [0.4, 0.5) is 5.69 Å². The summed E-state index contributed by atoms with van der Waals surface area (Å²) >= 11 is 5.42. The minimum atomic E-state index is -0.817. The van der Waals surface area contributed by atoms with E-state index in [9.17, 15) is 14.8 Å². The predicted octanol–water partition coefficient (Wildman–Crippen LogP) is 3.48. The third-order valence-electron chi connectivity index (χ3n) is 3.96. The zero-order valence-corrected chi connectivity index (χ0v) is 15.3. The van der Waals surface area contributed by atoms with E-state index in [1.54, 1.807) is 48.5 Å². The number of hydrogen-bond acceptors (Lipinski definition) is 7. The lowest BCUT2D eigenvalue weighted by Gasteiger charge is -2.15. The fourth-order valence-electron chi connectivity index (χ4n) is 2.59. The standard InChI is InChI=1S/C18H15N3O5S/c1-25-13-7-3-11(4-8-13)20-16(22)15(19-24)17(23)21(18(20)27)12-5-9-14(26-2)10-6-12/h3-10,22H,1-2H3. The molecule has 0 amide bonds. The fourth-order valence-corrected chi connectivity index (χ4v) is 2.97. The lowest BCUT2D eigenvalue weighted by Crippen LogP contribution is -2.23. The van der Waals surface area contributed by atoms with Gasteiger partial charge in [0.05, 0.1) is 25.6 Å². The number of benzene rings is 2. The molecule has 0 fully saturated rings. The molecule has 0 radical (unpaired) electrons. The van der Waals surface area contributed by atoms with E-state index in [1.165, 1.54) is 18.8 Å². The smallest absolute Gasteiger partial charge is 0.292 e. The molecule has 1 aromatic heterocycles. The highest BCUT2D eigenvalue weighted by atomic mass is 32.1. The van der Waals surface area contributed by atoms with Crippen molar-refractivity contribution in [3.05, 3.63) is 68.6 Å². The minimum Gasteiger partial charge on any atom is -0.497 e. The average molecular weight is 385 g/mol. The molecule has 1 N–H and O–H groups in total. The Labute approximate surface area is 158 Å². The molecule has 0 aliphatic heterocycles. The summed E-state index contributed by atoms with van der Waals surface area (Å²) in [5, 5.41) is 13.1. The highest BCUT2D eigenvalue weighted by molar-refractivity contribution is 7.71. The van der Waals surface area contributed by atoms with Crippen LogP contribution in [-0.4, -0.2) is 28.5 Å². The van der Waals surface area contributed by atoms with E-state index in [2.05, 4.69) is 5.18 Å². The maximum atomic E-state index is 12.7. The van der Waals surface area contributed by atoms with Gasteiger partial charge in [-0.05, 0) is 65.9 Å². The lowest BCUT2D eigenvalue weighted by atomic mass is 10.2. The van der Waals surface area contributed by atoms with Crippen LogP contribution in [0, 0.1) is 9.68 Å². The van der Waals surface area contributed by atoms with Crippen LogP contribution in [0.15, 0.2) is 58.5 Å². The molecule has 0 saturated carbocycles. The lowest BCUT2D eigenvalue weighted by molar-refractivity contribution is 0.414. The number of aromatic hydroxyl groups is 1. The molecule has 0 aliphatic rings. The van der Waals surface area contributed by atoms with Crippen LogP contribution in [0.1, 0.15) is 0 Å². The summed E-state index contributed by atoms with van der Waals surface area (Å²) in [6.45, 7) is 0. The van der Waals surface area contributed by atoms with Gasteiger partial charge in [-0.2, -0.15) is 0 Å². The second-order valence-electron chi connectivity index (χ2n) is 5.42. The highest BCUT2D eigenvalue weighted by Crippen LogP contribution is 2.28. The molecule has 138 valence electrons. The van der Waals surface area contributed by atoms with Crippen molar-refractivity contribution in [2.75, 3.05) is 14.2 Å². The number of hydrogen-bond donors (Lipinski definition) is 1. The summed E-state index contributed by atoms with van der Waals surface area (Å²) in [7, 11) is 3.04. The SMILES string of the molecule is COc1ccc(-n2c(O)c(N=O)c(=O)n(-c3ccc(OC)cc3)c2=S)cc1. The molecule has 1 heterocycles. The number of aromatic nitrogens is 2. The van der Waals surface area contributed by atoms with Gasteiger partial charge in [-0.3, -0.25) is 13.9 Å². The summed E-state index contributed by atoms with van der Waals surface area (Å²) < 4.78 is 12.5. The van der Waals surface area contributed by atoms with Crippen LogP contribution >= 0.6 is 12.2 Å². The molecule has 3 rings (SSSR count). The number of methoxy groups -OCH3 is 2. The Balaban J connectivity index is 2.32. The van der Waals surface area contributed by atoms with E-state index in [4.69, 9.17) is 21.7 Å². The van der Waals surface area contributed by atoms with Crippen LogP contribution in [-0.2, 0) is 0 Å². The van der Waals surface area contributed by atoms with Crippen molar-refractivity contribution in [2.24, 2.45) is 5.18 Å². The van der Waals surface area contributed by atoms with Crippen molar-refractivity contribution in [1.29, 1.82) is 0 Å². The van der Waals surface area contributed by atoms with Gasteiger partial charge in [-0.1, -0.05) is 0 Å². The second-order valence-corrected chi connectivity index (χ2v) is 5.78. The van der Waals surface area contributed by atoms with E-state index in [0.717, 1.165) is 4.57 Å². The first-order chi connectivity index (χ1) is 13.0. The van der Waals surface area contributed by atoms with Crippen LogP contribution in [0.5, 0.6) is 17.4 Å². The van der Waals surface area contributed by atoms with Crippen molar-refractivity contribution in [3.63, 3.8) is 0 Å². The second kappa shape index (κ2) is 7.42. The van der Waals surface area contributed by atoms with Gasteiger partial charge in [0, 0.05) is 0 Å². The predicted molar refractivity (Wildman–Crippen MR) is 102 cm³/mol. The first kappa shape index (κ1) is 18.3. The molecule has 0 unspecified atom stereocenters. The zero-order valence-electron chi connectivity index (χ0n) is 14.4. The molecule has 27 heavy (non-hydrogen) atoms. The summed E-state index contributed by atoms with van der Waals surface area (Å²) in [5.41, 5.74) is -0.624. The van der Waals surface area contributed by atoms with Gasteiger partial charge in [-0.25, -0.2) is 0 Å². The van der Waals surface area contributed by atoms with Crippen LogP contribution < -0.4 is 15.0 Å². The molecular formula is C18H15N3O5S. The highest BCUT2D eigenvalue weighted by Gasteiger charge is 2.20. The maximum absolute atomic E-state index is 12.7. The fraction of sp³-hybridized carbons (Fsp3) is 0.111. The normalized spacial score (nSPS) is 10.4. The van der Waals surface area contributed by atoms with Crippen molar-refractivity contribution < 1.29 is 14.6 Å². The number of nitrogens with zero attached hydrogens (tertiary/aromatic N) is 3. The van der Waals surface area contributed by atoms with Crippen molar-refractivity contribution in [2.45, 2.75) is 0 Å². The Hall–Kier alpha value is -3.46. The van der Waals surface area contributed by atoms with Crippen molar-refractivity contribution >= 4 is 17.9 Å². The van der Waals surface area contributed by atoms with E-state index < -0.39 is 17.1 Å². The summed E-state index contributed by atoms with van der Waals surface area (Å²) in [6.07, 6.45) is 0. The molecular weight excluding hydrogens is 370 g/mol. The summed E-state index contributed by atoms with van der Waals surface area (Å²) in [4.78, 5) is 23.9. The van der Waals surface area contributed by atoms with E-state index in [1.807, 2.05) is 0 Å². The molecule has 0 spiro atoms. The van der Waals surface area contributed by atoms with Crippen molar-refractivity contribution in [1.82, 2.24) is 9.13 Å². The van der Waals surface area contributed by atoms with E-state index in [-0.39, 0.29) is 4.77 Å². The van der Waals surface area contributed by atoms with E-state index in [0.29, 0.717) is 22.9 Å². The topological polar surface area (TPSA) is 95.0 Å². The third kappa shape index (κ3) is 3.20. The summed E-state index contributed by atoms with van der Waals surface area (Å²) in [5.74, 6) is 0.560. The largest absolute Gasteiger partial charge is 0.497 e. The number of nitroso groups, excluding NO2 is 1. The van der Waals surface area contributed by atoms with Gasteiger partial charge in [0.1, 0.15) is 11.5 Å². The minimum absolute atomic E-state index is 0.0276. The number of rotatable bonds is 5. The van der Waals surface area contributed by atoms with Crippen LogP contribution in [0.2, 0.25) is 0 Å². The zero-order chi connectivity index (χ0) is 19.6. The van der Waals surface area contributed by atoms with E-state index >= 15 is 0 Å². The monoisotopic (exact) mass is 385 g/mol. The van der Waals surface area contributed by atoms with Crippen molar-refractivity contribution in [3.8, 4) is 28.8 Å². The Kier molecular flexibility index (Phi) is 5.04. The third-order valence-corrected chi connectivity index (χ3v) is 4.33. The molecule has 0 bridgehead atoms. The Morgan fingerprint density at radius 1 is 0.889 bits per heavy atom.